The molecule has 1 unspecified atom stereocenters. The lowest BCUT2D eigenvalue weighted by Crippen LogP contribution is -2.46. The van der Waals surface area contributed by atoms with Crippen molar-refractivity contribution < 1.29 is 5.11 Å². The van der Waals surface area contributed by atoms with Crippen LogP contribution in [0.1, 0.15) is 43.7 Å². The normalized spacial score (nSPS) is 37.7. The van der Waals surface area contributed by atoms with Gasteiger partial charge in [0.1, 0.15) is 0 Å². The summed E-state index contributed by atoms with van der Waals surface area (Å²) < 4.78 is 0. The van der Waals surface area contributed by atoms with Gasteiger partial charge in [0.25, 0.3) is 0 Å². The van der Waals surface area contributed by atoms with Crippen LogP contribution in [0.5, 0.6) is 0 Å². The monoisotopic (exact) mass is 241 g/mol. The molecule has 3 atom stereocenters. The van der Waals surface area contributed by atoms with Crippen LogP contribution in [-0.2, 0) is 12.0 Å². The van der Waals surface area contributed by atoms with Crippen LogP contribution < -0.4 is 0 Å². The van der Waals surface area contributed by atoms with E-state index in [9.17, 15) is 5.11 Å². The summed E-state index contributed by atoms with van der Waals surface area (Å²) >= 11 is 0. The van der Waals surface area contributed by atoms with E-state index >= 15 is 0 Å². The zero-order valence-corrected chi connectivity index (χ0v) is 10.8. The maximum absolute atomic E-state index is 11.4. The summed E-state index contributed by atoms with van der Waals surface area (Å²) in [6, 6.07) is 10.5. The largest absolute Gasteiger partial charge is 0.384 e. The Morgan fingerprint density at radius 2 is 2.17 bits per heavy atom. The predicted molar refractivity (Wildman–Crippen MR) is 69.7 cm³/mol. The van der Waals surface area contributed by atoms with Crippen molar-refractivity contribution in [1.29, 1.82) is 5.26 Å². The Bertz CT molecular complexity index is 518. The van der Waals surface area contributed by atoms with Crippen LogP contribution in [0.3, 0.4) is 0 Å². The van der Waals surface area contributed by atoms with Crippen molar-refractivity contribution in [2.45, 2.75) is 44.6 Å². The quantitative estimate of drug-likeness (QED) is 0.820. The molecule has 0 amide bonds. The van der Waals surface area contributed by atoms with Gasteiger partial charge in [-0.3, -0.25) is 0 Å². The highest BCUT2D eigenvalue weighted by Gasteiger charge is 2.59. The number of aliphatic hydroxyl groups is 1. The summed E-state index contributed by atoms with van der Waals surface area (Å²) in [7, 11) is 0. The molecule has 94 valence electrons. The van der Waals surface area contributed by atoms with Crippen LogP contribution in [0, 0.1) is 22.7 Å². The molecule has 0 aromatic heterocycles. The molecule has 0 radical (unpaired) electrons. The third kappa shape index (κ3) is 1.31. The summed E-state index contributed by atoms with van der Waals surface area (Å²) in [5.74, 6) is 0.325. The molecule has 18 heavy (non-hydrogen) atoms. The second-order valence-electron chi connectivity index (χ2n) is 6.09. The van der Waals surface area contributed by atoms with E-state index in [4.69, 9.17) is 5.26 Å². The molecule has 0 bridgehead atoms. The summed E-state index contributed by atoms with van der Waals surface area (Å²) in [5, 5.41) is 20.4. The average Bonchev–Trinajstić information content (AvgIpc) is 2.63. The van der Waals surface area contributed by atoms with Crippen LogP contribution in [0.25, 0.3) is 0 Å². The molecule has 1 fully saturated rings. The molecule has 0 saturated heterocycles. The minimum atomic E-state index is -0.794. The van der Waals surface area contributed by atoms with E-state index in [0.717, 1.165) is 31.2 Å². The third-order valence-electron chi connectivity index (χ3n) is 5.21. The molecule has 1 saturated carbocycles. The van der Waals surface area contributed by atoms with Crippen molar-refractivity contribution in [3.05, 3.63) is 35.4 Å². The predicted octanol–water partition coefficient (Wildman–Crippen LogP) is 3.15. The fraction of sp³-hybridized carbons (Fsp3) is 0.562. The van der Waals surface area contributed by atoms with Crippen LogP contribution >= 0.6 is 0 Å². The van der Waals surface area contributed by atoms with Gasteiger partial charge in [0.05, 0.1) is 11.7 Å². The van der Waals surface area contributed by atoms with Crippen molar-refractivity contribution in [2.75, 3.05) is 0 Å². The number of aryl methyl sites for hydroxylation is 1. The van der Waals surface area contributed by atoms with Gasteiger partial charge in [-0.1, -0.05) is 31.2 Å². The molecule has 1 N–H and O–H groups in total. The third-order valence-corrected chi connectivity index (χ3v) is 5.21. The highest BCUT2D eigenvalue weighted by atomic mass is 16.3. The number of hydrogen-bond acceptors (Lipinski definition) is 2. The lowest BCUT2D eigenvalue weighted by atomic mass is 9.63. The van der Waals surface area contributed by atoms with Crippen LogP contribution in [0.2, 0.25) is 0 Å². The lowest BCUT2D eigenvalue weighted by Gasteiger charge is -2.46. The number of hydrogen-bond donors (Lipinski definition) is 1. The van der Waals surface area contributed by atoms with Gasteiger partial charge in [0.2, 0.25) is 0 Å². The van der Waals surface area contributed by atoms with Gasteiger partial charge < -0.3 is 5.11 Å². The molecule has 0 spiro atoms. The Labute approximate surface area is 108 Å². The van der Waals surface area contributed by atoms with Crippen LogP contribution in [0.4, 0.5) is 0 Å². The highest BCUT2D eigenvalue weighted by molar-refractivity contribution is 5.39. The molecule has 1 aromatic rings. The van der Waals surface area contributed by atoms with Gasteiger partial charge in [-0.15, -0.1) is 0 Å². The second kappa shape index (κ2) is 3.83. The SMILES string of the molecule is CC1(CC#N)CC[C@@H]2CCc3ccccc3[C@@]21O. The molecule has 2 aliphatic carbocycles. The van der Waals surface area contributed by atoms with E-state index in [-0.39, 0.29) is 5.41 Å². The van der Waals surface area contributed by atoms with E-state index in [1.165, 1.54) is 5.56 Å². The minimum absolute atomic E-state index is 0.289. The summed E-state index contributed by atoms with van der Waals surface area (Å²) in [6.45, 7) is 2.08. The van der Waals surface area contributed by atoms with E-state index in [0.29, 0.717) is 12.3 Å². The number of fused-ring (bicyclic) bond motifs is 3. The maximum atomic E-state index is 11.4. The molecule has 2 heteroatoms. The zero-order chi connectivity index (χ0) is 12.8. The van der Waals surface area contributed by atoms with Crippen molar-refractivity contribution in [2.24, 2.45) is 11.3 Å². The van der Waals surface area contributed by atoms with Gasteiger partial charge in [0.15, 0.2) is 0 Å². The fourth-order valence-corrected chi connectivity index (χ4v) is 4.12. The van der Waals surface area contributed by atoms with Gasteiger partial charge in [-0.05, 0) is 42.7 Å². The molecule has 0 heterocycles. The Morgan fingerprint density at radius 3 is 2.94 bits per heavy atom. The maximum Gasteiger partial charge on any atom is 0.0990 e. The first-order chi connectivity index (χ1) is 8.62. The summed E-state index contributed by atoms with van der Waals surface area (Å²) in [4.78, 5) is 0. The summed E-state index contributed by atoms with van der Waals surface area (Å²) in [6.07, 6.45) is 4.55. The van der Waals surface area contributed by atoms with E-state index < -0.39 is 5.60 Å². The van der Waals surface area contributed by atoms with Crippen LogP contribution in [-0.4, -0.2) is 5.11 Å². The fourth-order valence-electron chi connectivity index (χ4n) is 4.12. The Morgan fingerprint density at radius 1 is 1.39 bits per heavy atom. The number of nitriles is 1. The van der Waals surface area contributed by atoms with E-state index in [1.807, 2.05) is 12.1 Å². The number of benzene rings is 1. The van der Waals surface area contributed by atoms with Crippen molar-refractivity contribution in [1.82, 2.24) is 0 Å². The van der Waals surface area contributed by atoms with Crippen molar-refractivity contribution >= 4 is 0 Å². The molecule has 1 aromatic carbocycles. The average molecular weight is 241 g/mol. The van der Waals surface area contributed by atoms with Crippen molar-refractivity contribution in [3.63, 3.8) is 0 Å². The van der Waals surface area contributed by atoms with E-state index in [2.05, 4.69) is 25.1 Å². The molecule has 3 rings (SSSR count). The molecule has 0 aliphatic heterocycles. The second-order valence-corrected chi connectivity index (χ2v) is 6.09. The van der Waals surface area contributed by atoms with Gasteiger partial charge in [-0.25, -0.2) is 0 Å². The molecule has 2 nitrogen and oxygen atoms in total. The molecular formula is C16H19NO. The topological polar surface area (TPSA) is 44.0 Å². The smallest absolute Gasteiger partial charge is 0.0990 e. The first kappa shape index (κ1) is 11.7. The van der Waals surface area contributed by atoms with Crippen molar-refractivity contribution in [3.8, 4) is 6.07 Å². The standard InChI is InChI=1S/C16H19NO/c1-15(10-11-17)9-8-13-7-6-12-4-2-3-5-14(12)16(13,15)18/h2-5,13,18H,6-10H2,1H3/t13-,15?,16-/m0/s1. The van der Waals surface area contributed by atoms with Crippen LogP contribution in [0.15, 0.2) is 24.3 Å². The zero-order valence-electron chi connectivity index (χ0n) is 10.8. The van der Waals surface area contributed by atoms with Gasteiger partial charge >= 0.3 is 0 Å². The molecular weight excluding hydrogens is 222 g/mol. The minimum Gasteiger partial charge on any atom is -0.384 e. The molecule has 2 aliphatic rings. The Kier molecular flexibility index (Phi) is 2.50. The lowest BCUT2D eigenvalue weighted by molar-refractivity contribution is -0.0966. The number of rotatable bonds is 1. The van der Waals surface area contributed by atoms with Gasteiger partial charge in [0, 0.05) is 11.8 Å². The number of nitrogens with zero attached hydrogens (tertiary/aromatic N) is 1. The van der Waals surface area contributed by atoms with Gasteiger partial charge in [-0.2, -0.15) is 5.26 Å². The van der Waals surface area contributed by atoms with E-state index in [1.54, 1.807) is 0 Å². The highest BCUT2D eigenvalue weighted by Crippen LogP contribution is 2.60. The Hall–Kier alpha value is -1.33. The first-order valence-electron chi connectivity index (χ1n) is 6.79. The summed E-state index contributed by atoms with van der Waals surface area (Å²) in [5.41, 5.74) is 1.26. The Balaban J connectivity index is 2.16. The first-order valence-corrected chi connectivity index (χ1v) is 6.79.